The van der Waals surface area contributed by atoms with Gasteiger partial charge < -0.3 is 4.42 Å². The van der Waals surface area contributed by atoms with Crippen molar-refractivity contribution in [2.75, 3.05) is 0 Å². The van der Waals surface area contributed by atoms with Crippen molar-refractivity contribution in [3.05, 3.63) is 105 Å². The number of thiazole rings is 1. The van der Waals surface area contributed by atoms with E-state index < -0.39 is 10.5 Å². The van der Waals surface area contributed by atoms with Gasteiger partial charge in [0.2, 0.25) is 0 Å². The second-order valence-electron chi connectivity index (χ2n) is 6.90. The van der Waals surface area contributed by atoms with Crippen molar-refractivity contribution in [2.45, 2.75) is 9.79 Å². The third-order valence-electron chi connectivity index (χ3n) is 4.79. The van der Waals surface area contributed by atoms with Crippen LogP contribution in [0.1, 0.15) is 0 Å². The highest BCUT2D eigenvalue weighted by Crippen LogP contribution is 2.32. The molecule has 32 heavy (non-hydrogen) atoms. The molecule has 0 bridgehead atoms. The summed E-state index contributed by atoms with van der Waals surface area (Å²) < 4.78 is 5.35. The van der Waals surface area contributed by atoms with E-state index in [0.717, 1.165) is 16.2 Å². The fourth-order valence-corrected chi connectivity index (χ4v) is 4.89. The Kier molecular flexibility index (Phi) is 5.30. The highest BCUT2D eigenvalue weighted by atomic mass is 32.2. The Labute approximate surface area is 190 Å². The Morgan fingerprint density at radius 3 is 2.44 bits per heavy atom. The standard InChI is InChI=1S/C24H14N2O4S2/c27-24-20(13-16-12-17(26(28)29)8-11-22(16)30-24)23-25-21(14-31-23)15-6-9-19(10-7-15)32-18-4-2-1-3-5-18/h1-14H. The number of fused-ring (bicyclic) bond motifs is 1. The van der Waals surface area contributed by atoms with Gasteiger partial charge in [-0.25, -0.2) is 9.78 Å². The molecular formula is C24H14N2O4S2. The Balaban J connectivity index is 1.44. The van der Waals surface area contributed by atoms with Crippen molar-refractivity contribution >= 4 is 39.8 Å². The molecule has 0 radical (unpaired) electrons. The predicted molar refractivity (Wildman–Crippen MR) is 126 cm³/mol. The number of nitrogens with zero attached hydrogens (tertiary/aromatic N) is 2. The zero-order valence-corrected chi connectivity index (χ0v) is 18.1. The average molecular weight is 459 g/mol. The quantitative estimate of drug-likeness (QED) is 0.167. The molecule has 0 unspecified atom stereocenters. The van der Waals surface area contributed by atoms with Crippen LogP contribution < -0.4 is 5.63 Å². The summed E-state index contributed by atoms with van der Waals surface area (Å²) in [5.41, 5.74) is 1.68. The number of hydrogen-bond acceptors (Lipinski definition) is 7. The third-order valence-corrected chi connectivity index (χ3v) is 6.68. The van der Waals surface area contributed by atoms with E-state index in [9.17, 15) is 14.9 Å². The predicted octanol–water partition coefficient (Wildman–Crippen LogP) is 6.64. The summed E-state index contributed by atoms with van der Waals surface area (Å²) in [6.45, 7) is 0. The van der Waals surface area contributed by atoms with Crippen LogP contribution in [0.5, 0.6) is 0 Å². The molecular weight excluding hydrogens is 444 g/mol. The number of hydrogen-bond donors (Lipinski definition) is 0. The normalized spacial score (nSPS) is 11.0. The number of nitro benzene ring substituents is 1. The molecule has 8 heteroatoms. The van der Waals surface area contributed by atoms with E-state index in [-0.39, 0.29) is 11.3 Å². The van der Waals surface area contributed by atoms with Crippen molar-refractivity contribution in [1.82, 2.24) is 4.98 Å². The lowest BCUT2D eigenvalue weighted by atomic mass is 10.1. The summed E-state index contributed by atoms with van der Waals surface area (Å²) in [5.74, 6) is 0. The second kappa shape index (κ2) is 8.41. The maximum atomic E-state index is 12.5. The first-order valence-corrected chi connectivity index (χ1v) is 11.3. The van der Waals surface area contributed by atoms with Gasteiger partial charge in [0.15, 0.2) is 0 Å². The zero-order chi connectivity index (χ0) is 22.1. The van der Waals surface area contributed by atoms with Gasteiger partial charge in [0.1, 0.15) is 10.6 Å². The molecule has 0 saturated carbocycles. The molecule has 5 aromatic rings. The van der Waals surface area contributed by atoms with E-state index in [1.54, 1.807) is 17.8 Å². The molecule has 0 amide bonds. The van der Waals surface area contributed by atoms with Crippen LogP contribution in [-0.2, 0) is 0 Å². The van der Waals surface area contributed by atoms with Gasteiger partial charge in [0.05, 0.1) is 16.2 Å². The van der Waals surface area contributed by atoms with Gasteiger partial charge in [0, 0.05) is 38.3 Å². The Morgan fingerprint density at radius 1 is 0.938 bits per heavy atom. The van der Waals surface area contributed by atoms with Crippen LogP contribution in [0, 0.1) is 10.1 Å². The molecule has 2 heterocycles. The molecule has 6 nitrogen and oxygen atoms in total. The molecule has 0 aliphatic heterocycles. The van der Waals surface area contributed by atoms with Crippen LogP contribution in [0.3, 0.4) is 0 Å². The van der Waals surface area contributed by atoms with Crippen molar-refractivity contribution in [3.8, 4) is 21.8 Å². The summed E-state index contributed by atoms with van der Waals surface area (Å²) >= 11 is 3.01. The third kappa shape index (κ3) is 4.05. The maximum absolute atomic E-state index is 12.5. The van der Waals surface area contributed by atoms with Gasteiger partial charge in [-0.05, 0) is 36.4 Å². The number of non-ortho nitro benzene ring substituents is 1. The van der Waals surface area contributed by atoms with Gasteiger partial charge in [0.25, 0.3) is 5.69 Å². The molecule has 0 fully saturated rings. The Bertz CT molecular complexity index is 1490. The van der Waals surface area contributed by atoms with E-state index in [1.165, 1.54) is 34.4 Å². The fraction of sp³-hybridized carbons (Fsp3) is 0. The van der Waals surface area contributed by atoms with Crippen LogP contribution in [0.15, 0.2) is 103 Å². The van der Waals surface area contributed by atoms with Gasteiger partial charge in [-0.2, -0.15) is 0 Å². The Morgan fingerprint density at radius 2 is 1.69 bits per heavy atom. The first-order valence-electron chi connectivity index (χ1n) is 9.58. The number of benzene rings is 3. The van der Waals surface area contributed by atoms with Crippen molar-refractivity contribution in [1.29, 1.82) is 0 Å². The fourth-order valence-electron chi connectivity index (χ4n) is 3.22. The molecule has 0 aliphatic carbocycles. The summed E-state index contributed by atoms with van der Waals surface area (Å²) in [4.78, 5) is 29.9. The molecule has 5 rings (SSSR count). The summed E-state index contributed by atoms with van der Waals surface area (Å²) in [7, 11) is 0. The molecule has 0 atom stereocenters. The minimum Gasteiger partial charge on any atom is -0.422 e. The smallest absolute Gasteiger partial charge is 0.346 e. The lowest BCUT2D eigenvalue weighted by Crippen LogP contribution is -2.02. The molecule has 0 N–H and O–H groups in total. The SMILES string of the molecule is O=c1oc2ccc([N+](=O)[O-])cc2cc1-c1nc(-c2ccc(Sc3ccccc3)cc2)cs1. The zero-order valence-electron chi connectivity index (χ0n) is 16.4. The summed E-state index contributed by atoms with van der Waals surface area (Å²) in [6.07, 6.45) is 0. The summed E-state index contributed by atoms with van der Waals surface area (Å²) in [6, 6.07) is 23.9. The van der Waals surface area contributed by atoms with Gasteiger partial charge >= 0.3 is 5.63 Å². The van der Waals surface area contributed by atoms with E-state index in [1.807, 2.05) is 47.8 Å². The van der Waals surface area contributed by atoms with Gasteiger partial charge in [-0.15, -0.1) is 11.3 Å². The van der Waals surface area contributed by atoms with Crippen LogP contribution >= 0.6 is 23.1 Å². The van der Waals surface area contributed by atoms with Crippen LogP contribution in [0.25, 0.3) is 32.8 Å². The molecule has 0 aliphatic rings. The first-order chi connectivity index (χ1) is 15.6. The van der Waals surface area contributed by atoms with E-state index >= 15 is 0 Å². The highest BCUT2D eigenvalue weighted by Gasteiger charge is 2.15. The average Bonchev–Trinajstić information content (AvgIpc) is 3.29. The maximum Gasteiger partial charge on any atom is 0.346 e. The van der Waals surface area contributed by atoms with Crippen LogP contribution in [0.2, 0.25) is 0 Å². The van der Waals surface area contributed by atoms with Crippen LogP contribution in [0.4, 0.5) is 5.69 Å². The second-order valence-corrected chi connectivity index (χ2v) is 8.91. The topological polar surface area (TPSA) is 86.2 Å². The largest absolute Gasteiger partial charge is 0.422 e. The van der Waals surface area contributed by atoms with Gasteiger partial charge in [-0.3, -0.25) is 10.1 Å². The monoisotopic (exact) mass is 458 g/mol. The van der Waals surface area contributed by atoms with Crippen molar-refractivity contribution < 1.29 is 9.34 Å². The van der Waals surface area contributed by atoms with E-state index in [2.05, 4.69) is 17.1 Å². The molecule has 156 valence electrons. The number of rotatable bonds is 5. The lowest BCUT2D eigenvalue weighted by molar-refractivity contribution is -0.384. The molecule has 0 spiro atoms. The van der Waals surface area contributed by atoms with Crippen LogP contribution in [-0.4, -0.2) is 9.91 Å². The van der Waals surface area contributed by atoms with Crippen molar-refractivity contribution in [3.63, 3.8) is 0 Å². The number of nitro groups is 1. The molecule has 2 aromatic heterocycles. The Hall–Kier alpha value is -3.75. The lowest BCUT2D eigenvalue weighted by Gasteiger charge is -2.03. The van der Waals surface area contributed by atoms with E-state index in [4.69, 9.17) is 4.42 Å². The molecule has 3 aromatic carbocycles. The van der Waals surface area contributed by atoms with Crippen molar-refractivity contribution in [2.24, 2.45) is 0 Å². The highest BCUT2D eigenvalue weighted by molar-refractivity contribution is 7.99. The first kappa shape index (κ1) is 20.2. The summed E-state index contributed by atoms with van der Waals surface area (Å²) in [5, 5.41) is 13.9. The minimum absolute atomic E-state index is 0.0643. The van der Waals surface area contributed by atoms with Gasteiger partial charge in [-0.1, -0.05) is 42.1 Å². The molecule has 0 saturated heterocycles. The van der Waals surface area contributed by atoms with E-state index in [0.29, 0.717) is 16.0 Å². The number of aromatic nitrogens is 1. The minimum atomic E-state index is -0.526.